The summed E-state index contributed by atoms with van der Waals surface area (Å²) in [6.07, 6.45) is 3.68. The molecule has 0 spiro atoms. The van der Waals surface area contributed by atoms with Crippen molar-refractivity contribution in [3.05, 3.63) is 59.7 Å². The Balaban J connectivity index is 1.60. The first kappa shape index (κ1) is 19.9. The van der Waals surface area contributed by atoms with Gasteiger partial charge < -0.3 is 15.4 Å². The fourth-order valence-corrected chi connectivity index (χ4v) is 3.80. The number of carbonyl (C=O) groups excluding carboxylic acids is 2. The van der Waals surface area contributed by atoms with Crippen LogP contribution in [-0.2, 0) is 16.1 Å². The van der Waals surface area contributed by atoms with Gasteiger partial charge in [0.1, 0.15) is 5.75 Å². The van der Waals surface area contributed by atoms with Crippen LogP contribution < -0.4 is 15.4 Å². The highest BCUT2D eigenvalue weighted by Gasteiger charge is 2.42. The van der Waals surface area contributed by atoms with Gasteiger partial charge >= 0.3 is 0 Å². The van der Waals surface area contributed by atoms with Crippen LogP contribution >= 0.6 is 0 Å². The fourth-order valence-electron chi connectivity index (χ4n) is 3.80. The van der Waals surface area contributed by atoms with E-state index in [4.69, 9.17) is 4.74 Å². The van der Waals surface area contributed by atoms with Crippen LogP contribution in [0.3, 0.4) is 0 Å². The van der Waals surface area contributed by atoms with E-state index >= 15 is 0 Å². The van der Waals surface area contributed by atoms with Crippen LogP contribution in [0.1, 0.15) is 43.2 Å². The van der Waals surface area contributed by atoms with E-state index in [1.165, 1.54) is 0 Å². The minimum atomic E-state index is -0.610. The van der Waals surface area contributed by atoms with Crippen molar-refractivity contribution < 1.29 is 14.3 Å². The number of ether oxygens (including phenoxy) is 1. The van der Waals surface area contributed by atoms with Gasteiger partial charge in [0.15, 0.2) is 0 Å². The Morgan fingerprint density at radius 3 is 2.25 bits per heavy atom. The Bertz CT molecular complexity index is 807. The summed E-state index contributed by atoms with van der Waals surface area (Å²) >= 11 is 0. The van der Waals surface area contributed by atoms with E-state index in [2.05, 4.69) is 10.6 Å². The largest absolute Gasteiger partial charge is 0.497 e. The van der Waals surface area contributed by atoms with Crippen LogP contribution in [-0.4, -0.2) is 18.9 Å². The molecule has 2 aromatic rings. The molecular weight excluding hydrogens is 352 g/mol. The molecule has 5 heteroatoms. The first-order valence-corrected chi connectivity index (χ1v) is 9.78. The number of benzene rings is 2. The lowest BCUT2D eigenvalue weighted by atomic mass is 9.81. The number of anilines is 1. The Kier molecular flexibility index (Phi) is 6.34. The Morgan fingerprint density at radius 2 is 1.64 bits per heavy atom. The quantitative estimate of drug-likeness (QED) is 0.756. The highest BCUT2D eigenvalue weighted by atomic mass is 16.5. The van der Waals surface area contributed by atoms with Crippen molar-refractivity contribution in [2.45, 2.75) is 45.6 Å². The molecule has 1 aliphatic rings. The molecule has 2 aromatic carbocycles. The van der Waals surface area contributed by atoms with Crippen molar-refractivity contribution in [1.29, 1.82) is 0 Å². The third kappa shape index (κ3) is 4.91. The molecule has 0 saturated heterocycles. The molecule has 28 heavy (non-hydrogen) atoms. The molecule has 0 aliphatic heterocycles. The summed E-state index contributed by atoms with van der Waals surface area (Å²) in [7, 11) is 1.63. The number of hydrogen-bond acceptors (Lipinski definition) is 3. The zero-order valence-electron chi connectivity index (χ0n) is 16.6. The van der Waals surface area contributed by atoms with Crippen molar-refractivity contribution >= 4 is 17.5 Å². The third-order valence-electron chi connectivity index (χ3n) is 5.49. The number of carbonyl (C=O) groups is 2. The van der Waals surface area contributed by atoms with Crippen molar-refractivity contribution in [3.8, 4) is 5.75 Å². The SMILES string of the molecule is COc1ccc(CNC(=O)C2(CC(=O)Nc3ccc(C)cc3)CCCC2)cc1. The molecule has 5 nitrogen and oxygen atoms in total. The molecule has 0 atom stereocenters. The monoisotopic (exact) mass is 380 g/mol. The maximum absolute atomic E-state index is 13.0. The van der Waals surface area contributed by atoms with Gasteiger partial charge in [0, 0.05) is 18.7 Å². The summed E-state index contributed by atoms with van der Waals surface area (Å²) in [4.78, 5) is 25.6. The van der Waals surface area contributed by atoms with Crippen molar-refractivity contribution in [3.63, 3.8) is 0 Å². The smallest absolute Gasteiger partial charge is 0.227 e. The number of amides is 2. The molecule has 0 heterocycles. The Hall–Kier alpha value is -2.82. The van der Waals surface area contributed by atoms with Crippen LogP contribution in [0.5, 0.6) is 5.75 Å². The van der Waals surface area contributed by atoms with E-state index in [1.807, 2.05) is 55.5 Å². The van der Waals surface area contributed by atoms with E-state index in [-0.39, 0.29) is 18.2 Å². The molecule has 0 bridgehead atoms. The fraction of sp³-hybridized carbons (Fsp3) is 0.391. The Labute approximate surface area is 166 Å². The van der Waals surface area contributed by atoms with Crippen LogP contribution in [0.25, 0.3) is 0 Å². The van der Waals surface area contributed by atoms with Gasteiger partial charge in [0.05, 0.1) is 12.5 Å². The lowest BCUT2D eigenvalue weighted by molar-refractivity contribution is -0.135. The van der Waals surface area contributed by atoms with Crippen molar-refractivity contribution in [2.24, 2.45) is 5.41 Å². The second-order valence-corrected chi connectivity index (χ2v) is 7.61. The van der Waals surface area contributed by atoms with Gasteiger partial charge in [0.2, 0.25) is 11.8 Å². The second kappa shape index (κ2) is 8.91. The molecule has 1 aliphatic carbocycles. The van der Waals surface area contributed by atoms with Crippen LogP contribution in [0.15, 0.2) is 48.5 Å². The van der Waals surface area contributed by atoms with Crippen molar-refractivity contribution in [2.75, 3.05) is 12.4 Å². The number of hydrogen-bond donors (Lipinski definition) is 2. The topological polar surface area (TPSA) is 67.4 Å². The third-order valence-corrected chi connectivity index (χ3v) is 5.49. The first-order valence-electron chi connectivity index (χ1n) is 9.78. The van der Waals surface area contributed by atoms with Gasteiger partial charge in [-0.05, 0) is 49.6 Å². The van der Waals surface area contributed by atoms with Crippen LogP contribution in [0.2, 0.25) is 0 Å². The second-order valence-electron chi connectivity index (χ2n) is 7.61. The van der Waals surface area contributed by atoms with Crippen LogP contribution in [0.4, 0.5) is 5.69 Å². The summed E-state index contributed by atoms with van der Waals surface area (Å²) in [6, 6.07) is 15.3. The average molecular weight is 380 g/mol. The maximum Gasteiger partial charge on any atom is 0.227 e. The van der Waals surface area contributed by atoms with Gasteiger partial charge in [0.25, 0.3) is 0 Å². The zero-order valence-corrected chi connectivity index (χ0v) is 16.6. The number of aryl methyl sites for hydroxylation is 1. The molecule has 2 amide bonds. The molecule has 0 aromatic heterocycles. The van der Waals surface area contributed by atoms with E-state index in [1.54, 1.807) is 7.11 Å². The predicted octanol–water partition coefficient (Wildman–Crippen LogP) is 4.21. The molecule has 0 unspecified atom stereocenters. The minimum absolute atomic E-state index is 0.0279. The maximum atomic E-state index is 13.0. The molecule has 0 radical (unpaired) electrons. The summed E-state index contributed by atoms with van der Waals surface area (Å²) in [5.41, 5.74) is 2.30. The van der Waals surface area contributed by atoms with Gasteiger partial charge in [-0.15, -0.1) is 0 Å². The summed E-state index contributed by atoms with van der Waals surface area (Å²) in [5, 5.41) is 5.97. The van der Waals surface area contributed by atoms with E-state index < -0.39 is 5.41 Å². The lowest BCUT2D eigenvalue weighted by Gasteiger charge is -2.27. The minimum Gasteiger partial charge on any atom is -0.497 e. The summed E-state index contributed by atoms with van der Waals surface area (Å²) in [5.74, 6) is 0.653. The van der Waals surface area contributed by atoms with Crippen LogP contribution in [0, 0.1) is 12.3 Å². The van der Waals surface area contributed by atoms with E-state index in [9.17, 15) is 9.59 Å². The molecule has 1 saturated carbocycles. The number of methoxy groups -OCH3 is 1. The first-order chi connectivity index (χ1) is 13.5. The predicted molar refractivity (Wildman–Crippen MR) is 110 cm³/mol. The molecule has 3 rings (SSSR count). The van der Waals surface area contributed by atoms with Gasteiger partial charge in [-0.3, -0.25) is 9.59 Å². The average Bonchev–Trinajstić information content (AvgIpc) is 3.18. The van der Waals surface area contributed by atoms with E-state index in [0.717, 1.165) is 48.2 Å². The Morgan fingerprint density at radius 1 is 1.00 bits per heavy atom. The number of nitrogens with one attached hydrogen (secondary N) is 2. The van der Waals surface area contributed by atoms with E-state index in [0.29, 0.717) is 6.54 Å². The highest BCUT2D eigenvalue weighted by Crippen LogP contribution is 2.41. The summed E-state index contributed by atoms with van der Waals surface area (Å²) < 4.78 is 5.16. The van der Waals surface area contributed by atoms with Gasteiger partial charge in [-0.1, -0.05) is 42.7 Å². The highest BCUT2D eigenvalue weighted by molar-refractivity contribution is 5.95. The lowest BCUT2D eigenvalue weighted by Crippen LogP contribution is -2.41. The molecule has 1 fully saturated rings. The standard InChI is InChI=1S/C23H28N2O3/c1-17-5-9-19(10-6-17)25-21(26)15-23(13-3-4-14-23)22(27)24-16-18-7-11-20(28-2)12-8-18/h5-12H,3-4,13-16H2,1-2H3,(H,24,27)(H,25,26). The zero-order chi connectivity index (χ0) is 20.0. The number of rotatable bonds is 7. The molecular formula is C23H28N2O3. The molecule has 148 valence electrons. The van der Waals surface area contributed by atoms with Gasteiger partial charge in [-0.25, -0.2) is 0 Å². The summed E-state index contributed by atoms with van der Waals surface area (Å²) in [6.45, 7) is 2.45. The molecule has 2 N–H and O–H groups in total. The van der Waals surface area contributed by atoms with Crippen molar-refractivity contribution in [1.82, 2.24) is 5.32 Å². The van der Waals surface area contributed by atoms with Gasteiger partial charge in [-0.2, -0.15) is 0 Å². The normalized spacial score (nSPS) is 15.1.